The van der Waals surface area contributed by atoms with E-state index in [9.17, 15) is 4.79 Å². The van der Waals surface area contributed by atoms with Crippen LogP contribution in [0.5, 0.6) is 5.88 Å². The van der Waals surface area contributed by atoms with Crippen LogP contribution in [0.3, 0.4) is 0 Å². The molecule has 1 amide bonds. The van der Waals surface area contributed by atoms with E-state index >= 15 is 0 Å². The van der Waals surface area contributed by atoms with Crippen molar-refractivity contribution in [2.24, 2.45) is 0 Å². The summed E-state index contributed by atoms with van der Waals surface area (Å²) in [6.45, 7) is 3.39. The first-order valence-electron chi connectivity index (χ1n) is 8.57. The molecule has 25 heavy (non-hydrogen) atoms. The van der Waals surface area contributed by atoms with E-state index in [0.717, 1.165) is 37.4 Å². The maximum atomic E-state index is 12.3. The lowest BCUT2D eigenvalue weighted by Gasteiger charge is -2.31. The average molecular weight is 357 g/mol. The Morgan fingerprint density at radius 3 is 2.60 bits per heavy atom. The van der Waals surface area contributed by atoms with Crippen molar-refractivity contribution in [2.75, 3.05) is 18.8 Å². The Hall–Kier alpha value is -2.08. The van der Waals surface area contributed by atoms with Gasteiger partial charge in [0.25, 0.3) is 0 Å². The summed E-state index contributed by atoms with van der Waals surface area (Å²) >= 11 is 1.67. The van der Waals surface area contributed by atoms with Gasteiger partial charge in [0.15, 0.2) is 0 Å². The number of rotatable bonds is 6. The van der Waals surface area contributed by atoms with Crippen molar-refractivity contribution in [1.29, 1.82) is 0 Å². The number of amides is 1. The number of thioether (sulfide) groups is 1. The highest BCUT2D eigenvalue weighted by atomic mass is 32.2. The summed E-state index contributed by atoms with van der Waals surface area (Å²) in [6.07, 6.45) is 1.79. The first-order valence-corrected chi connectivity index (χ1v) is 9.72. The third kappa shape index (κ3) is 5.46. The van der Waals surface area contributed by atoms with Gasteiger partial charge in [0.1, 0.15) is 6.10 Å². The van der Waals surface area contributed by atoms with Crippen LogP contribution in [0.2, 0.25) is 0 Å². The smallest absolute Gasteiger partial charge is 0.233 e. The number of ether oxygens (including phenoxy) is 1. The summed E-state index contributed by atoms with van der Waals surface area (Å²) in [5, 5.41) is 8.04. The fraction of sp³-hybridized carbons (Fsp3) is 0.421. The molecule has 0 N–H and O–H groups in total. The highest BCUT2D eigenvalue weighted by molar-refractivity contribution is 7.99. The Balaban J connectivity index is 1.38. The summed E-state index contributed by atoms with van der Waals surface area (Å²) < 4.78 is 5.86. The third-order valence-electron chi connectivity index (χ3n) is 4.19. The second-order valence-electron chi connectivity index (χ2n) is 6.19. The van der Waals surface area contributed by atoms with Crippen LogP contribution in [0.15, 0.2) is 42.5 Å². The summed E-state index contributed by atoms with van der Waals surface area (Å²) in [6, 6.07) is 14.0. The second-order valence-corrected chi connectivity index (χ2v) is 7.17. The molecular formula is C19H23N3O2S. The van der Waals surface area contributed by atoms with Gasteiger partial charge in [-0.05, 0) is 18.6 Å². The van der Waals surface area contributed by atoms with Crippen molar-refractivity contribution < 1.29 is 9.53 Å². The molecule has 2 heterocycles. The molecule has 0 aliphatic carbocycles. The SMILES string of the molecule is Cc1ccc(OC2CCN(C(=O)CSCc3ccccc3)CC2)nn1. The molecule has 0 bridgehead atoms. The molecule has 2 aromatic rings. The number of likely N-dealkylation sites (tertiary alicyclic amines) is 1. The van der Waals surface area contributed by atoms with Crippen molar-refractivity contribution in [3.8, 4) is 5.88 Å². The number of hydrogen-bond acceptors (Lipinski definition) is 5. The molecular weight excluding hydrogens is 334 g/mol. The van der Waals surface area contributed by atoms with Gasteiger partial charge in [-0.2, -0.15) is 5.10 Å². The molecule has 6 heteroatoms. The molecule has 0 spiro atoms. The van der Waals surface area contributed by atoms with E-state index in [1.165, 1.54) is 5.56 Å². The lowest BCUT2D eigenvalue weighted by atomic mass is 10.1. The molecule has 1 fully saturated rings. The maximum absolute atomic E-state index is 12.3. The second kappa shape index (κ2) is 8.85. The molecule has 1 aromatic carbocycles. The molecule has 1 aliphatic heterocycles. The summed E-state index contributed by atoms with van der Waals surface area (Å²) in [7, 11) is 0. The predicted octanol–water partition coefficient (Wildman–Crippen LogP) is 3.09. The van der Waals surface area contributed by atoms with Gasteiger partial charge < -0.3 is 9.64 Å². The number of carbonyl (C=O) groups excluding carboxylic acids is 1. The van der Waals surface area contributed by atoms with Gasteiger partial charge in [-0.1, -0.05) is 30.3 Å². The van der Waals surface area contributed by atoms with Gasteiger partial charge in [-0.15, -0.1) is 16.9 Å². The Morgan fingerprint density at radius 2 is 1.92 bits per heavy atom. The summed E-state index contributed by atoms with van der Waals surface area (Å²) in [5.41, 5.74) is 2.13. The van der Waals surface area contributed by atoms with E-state index in [0.29, 0.717) is 11.6 Å². The van der Waals surface area contributed by atoms with Crippen LogP contribution in [-0.2, 0) is 10.5 Å². The zero-order valence-electron chi connectivity index (χ0n) is 14.4. The van der Waals surface area contributed by atoms with Crippen molar-refractivity contribution in [3.05, 3.63) is 53.7 Å². The molecule has 0 atom stereocenters. The lowest BCUT2D eigenvalue weighted by molar-refractivity contribution is -0.130. The minimum atomic E-state index is 0.109. The third-order valence-corrected chi connectivity index (χ3v) is 5.18. The van der Waals surface area contributed by atoms with Crippen molar-refractivity contribution in [1.82, 2.24) is 15.1 Å². The summed E-state index contributed by atoms with van der Waals surface area (Å²) in [5.74, 6) is 2.19. The van der Waals surface area contributed by atoms with Crippen LogP contribution in [0, 0.1) is 6.92 Å². The minimum absolute atomic E-state index is 0.109. The van der Waals surface area contributed by atoms with E-state index in [4.69, 9.17) is 4.74 Å². The molecule has 0 unspecified atom stereocenters. The molecule has 132 valence electrons. The van der Waals surface area contributed by atoms with E-state index < -0.39 is 0 Å². The molecule has 5 nitrogen and oxygen atoms in total. The Labute approximate surface area is 152 Å². The van der Waals surface area contributed by atoms with Gasteiger partial charge in [-0.25, -0.2) is 0 Å². The number of nitrogens with zero attached hydrogens (tertiary/aromatic N) is 3. The van der Waals surface area contributed by atoms with Gasteiger partial charge in [0, 0.05) is 37.8 Å². The van der Waals surface area contributed by atoms with Crippen molar-refractivity contribution >= 4 is 17.7 Å². The molecule has 0 radical (unpaired) electrons. The van der Waals surface area contributed by atoms with E-state index in [1.54, 1.807) is 11.8 Å². The monoisotopic (exact) mass is 357 g/mol. The molecule has 1 aromatic heterocycles. The Bertz CT molecular complexity index is 671. The number of hydrogen-bond donors (Lipinski definition) is 0. The van der Waals surface area contributed by atoms with Crippen LogP contribution in [0.4, 0.5) is 0 Å². The molecule has 1 aliphatic rings. The van der Waals surface area contributed by atoms with E-state index in [2.05, 4.69) is 22.3 Å². The molecule has 1 saturated heterocycles. The predicted molar refractivity (Wildman–Crippen MR) is 99.6 cm³/mol. The van der Waals surface area contributed by atoms with Crippen LogP contribution in [0.1, 0.15) is 24.1 Å². The largest absolute Gasteiger partial charge is 0.473 e. The Morgan fingerprint density at radius 1 is 1.16 bits per heavy atom. The van der Waals surface area contributed by atoms with Gasteiger partial charge in [0.2, 0.25) is 11.8 Å². The highest BCUT2D eigenvalue weighted by Crippen LogP contribution is 2.18. The van der Waals surface area contributed by atoms with Crippen LogP contribution >= 0.6 is 11.8 Å². The number of benzene rings is 1. The maximum Gasteiger partial charge on any atom is 0.233 e. The van der Waals surface area contributed by atoms with Crippen LogP contribution in [0.25, 0.3) is 0 Å². The first-order chi connectivity index (χ1) is 12.2. The van der Waals surface area contributed by atoms with Crippen molar-refractivity contribution in [3.63, 3.8) is 0 Å². The minimum Gasteiger partial charge on any atom is -0.473 e. The topological polar surface area (TPSA) is 55.3 Å². The molecule has 3 rings (SSSR count). The van der Waals surface area contributed by atoms with Gasteiger partial charge >= 0.3 is 0 Å². The molecule has 0 saturated carbocycles. The first kappa shape index (κ1) is 17.7. The van der Waals surface area contributed by atoms with Crippen LogP contribution < -0.4 is 4.74 Å². The fourth-order valence-corrected chi connectivity index (χ4v) is 3.65. The van der Waals surface area contributed by atoms with E-state index in [1.807, 2.05) is 42.2 Å². The Kier molecular flexibility index (Phi) is 6.28. The fourth-order valence-electron chi connectivity index (χ4n) is 2.77. The quantitative estimate of drug-likeness (QED) is 0.795. The lowest BCUT2D eigenvalue weighted by Crippen LogP contribution is -2.42. The van der Waals surface area contributed by atoms with Gasteiger partial charge in [0.05, 0.1) is 11.4 Å². The highest BCUT2D eigenvalue weighted by Gasteiger charge is 2.24. The van der Waals surface area contributed by atoms with Crippen molar-refractivity contribution in [2.45, 2.75) is 31.6 Å². The van der Waals surface area contributed by atoms with Crippen LogP contribution in [-0.4, -0.2) is 46.0 Å². The number of carbonyl (C=O) groups is 1. The van der Waals surface area contributed by atoms with E-state index in [-0.39, 0.29) is 12.0 Å². The zero-order valence-corrected chi connectivity index (χ0v) is 15.2. The summed E-state index contributed by atoms with van der Waals surface area (Å²) in [4.78, 5) is 14.3. The number of aromatic nitrogens is 2. The number of aryl methyl sites for hydroxylation is 1. The zero-order chi connectivity index (χ0) is 17.5. The number of piperidine rings is 1. The van der Waals surface area contributed by atoms with Gasteiger partial charge in [-0.3, -0.25) is 4.79 Å². The average Bonchev–Trinajstić information content (AvgIpc) is 2.65. The normalized spacial score (nSPS) is 15.2. The standard InChI is InChI=1S/C19H23N3O2S/c1-15-7-8-18(21-20-15)24-17-9-11-22(12-10-17)19(23)14-25-13-16-5-3-2-4-6-16/h2-8,17H,9-14H2,1H3.